The summed E-state index contributed by atoms with van der Waals surface area (Å²) in [6.07, 6.45) is 1.44. The van der Waals surface area contributed by atoms with Crippen LogP contribution in [-0.4, -0.2) is 34.1 Å². The second-order valence-electron chi connectivity index (χ2n) is 4.61. The van der Waals surface area contributed by atoms with Gasteiger partial charge in [-0.3, -0.25) is 0 Å². The van der Waals surface area contributed by atoms with Crippen molar-refractivity contribution in [1.29, 1.82) is 0 Å². The zero-order chi connectivity index (χ0) is 15.2. The minimum Gasteiger partial charge on any atom is -0.496 e. The molecule has 0 spiro atoms. The zero-order valence-electron chi connectivity index (χ0n) is 12.1. The summed E-state index contributed by atoms with van der Waals surface area (Å²) in [5.41, 5.74) is 1.12. The van der Waals surface area contributed by atoms with Gasteiger partial charge >= 0.3 is 0 Å². The summed E-state index contributed by atoms with van der Waals surface area (Å²) in [5, 5.41) is 3.23. The predicted octanol–water partition coefficient (Wildman–Crippen LogP) is 2.93. The molecule has 114 valence electrons. The standard InChI is InChI=1S/C14H22BrNO3S/c1-4-20(17,18)9-5-6-13(16-2)11-7-8-14(19-3)12(15)10-11/h7-8,10,13,16H,4-6,9H2,1-3H3. The lowest BCUT2D eigenvalue weighted by Crippen LogP contribution is -2.18. The molecule has 1 rings (SSSR count). The van der Waals surface area contributed by atoms with Crippen molar-refractivity contribution in [3.63, 3.8) is 0 Å². The first kappa shape index (κ1) is 17.5. The maximum atomic E-state index is 11.5. The number of nitrogens with one attached hydrogen (secondary N) is 1. The molecule has 1 aromatic carbocycles. The summed E-state index contributed by atoms with van der Waals surface area (Å²) in [7, 11) is 0.634. The molecule has 0 fully saturated rings. The SMILES string of the molecule is CCS(=O)(=O)CCCC(NC)c1ccc(OC)c(Br)c1. The summed E-state index contributed by atoms with van der Waals surface area (Å²) >= 11 is 3.47. The molecule has 1 aromatic rings. The van der Waals surface area contributed by atoms with E-state index in [-0.39, 0.29) is 17.5 Å². The molecule has 0 saturated heterocycles. The van der Waals surface area contributed by atoms with E-state index in [1.54, 1.807) is 14.0 Å². The van der Waals surface area contributed by atoms with Crippen LogP contribution in [0.3, 0.4) is 0 Å². The molecule has 0 aliphatic heterocycles. The molecule has 0 heterocycles. The van der Waals surface area contributed by atoms with E-state index in [0.717, 1.165) is 22.2 Å². The molecular formula is C14H22BrNO3S. The van der Waals surface area contributed by atoms with Gasteiger partial charge in [-0.25, -0.2) is 8.42 Å². The second kappa shape index (κ2) is 8.00. The molecule has 0 radical (unpaired) electrons. The molecule has 0 amide bonds. The van der Waals surface area contributed by atoms with Crippen LogP contribution in [0.2, 0.25) is 0 Å². The van der Waals surface area contributed by atoms with Gasteiger partial charge in [-0.2, -0.15) is 0 Å². The summed E-state index contributed by atoms with van der Waals surface area (Å²) in [6.45, 7) is 1.69. The first-order valence-corrected chi connectivity index (χ1v) is 9.26. The smallest absolute Gasteiger partial charge is 0.150 e. The number of hydrogen-bond donors (Lipinski definition) is 1. The highest BCUT2D eigenvalue weighted by molar-refractivity contribution is 9.10. The molecule has 0 bridgehead atoms. The van der Waals surface area contributed by atoms with Crippen LogP contribution in [0.25, 0.3) is 0 Å². The first-order chi connectivity index (χ1) is 9.43. The Bertz CT molecular complexity index is 531. The van der Waals surface area contributed by atoms with E-state index >= 15 is 0 Å². The van der Waals surface area contributed by atoms with Crippen LogP contribution in [0.5, 0.6) is 5.75 Å². The molecule has 0 aromatic heterocycles. The monoisotopic (exact) mass is 363 g/mol. The highest BCUT2D eigenvalue weighted by Gasteiger charge is 2.13. The maximum Gasteiger partial charge on any atom is 0.150 e. The van der Waals surface area contributed by atoms with Gasteiger partial charge in [-0.1, -0.05) is 13.0 Å². The van der Waals surface area contributed by atoms with E-state index in [1.165, 1.54) is 0 Å². The minimum atomic E-state index is -2.88. The molecule has 0 aliphatic carbocycles. The van der Waals surface area contributed by atoms with Crippen LogP contribution in [0.1, 0.15) is 31.4 Å². The van der Waals surface area contributed by atoms with Crippen LogP contribution >= 0.6 is 15.9 Å². The predicted molar refractivity (Wildman–Crippen MR) is 86.1 cm³/mol. The molecule has 6 heteroatoms. The summed E-state index contributed by atoms with van der Waals surface area (Å²) in [5.74, 6) is 1.25. The Morgan fingerprint density at radius 3 is 2.60 bits per heavy atom. The van der Waals surface area contributed by atoms with Gasteiger partial charge in [0.2, 0.25) is 0 Å². The number of benzene rings is 1. The van der Waals surface area contributed by atoms with Crippen molar-refractivity contribution < 1.29 is 13.2 Å². The molecule has 4 nitrogen and oxygen atoms in total. The average Bonchev–Trinajstić information content (AvgIpc) is 2.43. The summed E-state index contributed by atoms with van der Waals surface area (Å²) < 4.78 is 29.1. The van der Waals surface area contributed by atoms with Gasteiger partial charge in [0.15, 0.2) is 0 Å². The zero-order valence-corrected chi connectivity index (χ0v) is 14.6. The van der Waals surface area contributed by atoms with E-state index in [0.29, 0.717) is 6.42 Å². The van der Waals surface area contributed by atoms with Gasteiger partial charge in [-0.05, 0) is 53.5 Å². The lowest BCUT2D eigenvalue weighted by Gasteiger charge is -2.17. The van der Waals surface area contributed by atoms with E-state index in [4.69, 9.17) is 4.74 Å². The van der Waals surface area contributed by atoms with Crippen molar-refractivity contribution in [1.82, 2.24) is 5.32 Å². The molecule has 0 aliphatic rings. The third-order valence-corrected chi connectivity index (χ3v) is 5.72. The van der Waals surface area contributed by atoms with Crippen LogP contribution in [0, 0.1) is 0 Å². The fourth-order valence-corrected chi connectivity index (χ4v) is 3.48. The Morgan fingerprint density at radius 1 is 1.40 bits per heavy atom. The van der Waals surface area contributed by atoms with Gasteiger partial charge in [0.05, 0.1) is 17.3 Å². The van der Waals surface area contributed by atoms with E-state index < -0.39 is 9.84 Å². The Morgan fingerprint density at radius 2 is 2.10 bits per heavy atom. The van der Waals surface area contributed by atoms with Gasteiger partial charge in [0, 0.05) is 11.8 Å². The van der Waals surface area contributed by atoms with Gasteiger partial charge in [0.25, 0.3) is 0 Å². The van der Waals surface area contributed by atoms with Crippen LogP contribution in [-0.2, 0) is 9.84 Å². The largest absolute Gasteiger partial charge is 0.496 e. The van der Waals surface area contributed by atoms with Crippen molar-refractivity contribution in [2.45, 2.75) is 25.8 Å². The minimum absolute atomic E-state index is 0.143. The lowest BCUT2D eigenvalue weighted by molar-refractivity contribution is 0.411. The van der Waals surface area contributed by atoms with Crippen molar-refractivity contribution in [3.05, 3.63) is 28.2 Å². The third kappa shape index (κ3) is 5.07. The highest BCUT2D eigenvalue weighted by atomic mass is 79.9. The van der Waals surface area contributed by atoms with Gasteiger partial charge < -0.3 is 10.1 Å². The second-order valence-corrected chi connectivity index (χ2v) is 7.94. The molecule has 1 unspecified atom stereocenters. The number of halogens is 1. The van der Waals surface area contributed by atoms with Crippen LogP contribution < -0.4 is 10.1 Å². The van der Waals surface area contributed by atoms with Crippen LogP contribution in [0.15, 0.2) is 22.7 Å². The van der Waals surface area contributed by atoms with Crippen molar-refractivity contribution >= 4 is 25.8 Å². The van der Waals surface area contributed by atoms with Gasteiger partial charge in [-0.15, -0.1) is 0 Å². The topological polar surface area (TPSA) is 55.4 Å². The molecule has 0 saturated carbocycles. The van der Waals surface area contributed by atoms with Crippen LogP contribution in [0.4, 0.5) is 0 Å². The maximum absolute atomic E-state index is 11.5. The molecule has 1 atom stereocenters. The quantitative estimate of drug-likeness (QED) is 0.771. The van der Waals surface area contributed by atoms with E-state index in [2.05, 4.69) is 21.2 Å². The number of sulfone groups is 1. The highest BCUT2D eigenvalue weighted by Crippen LogP contribution is 2.29. The third-order valence-electron chi connectivity index (χ3n) is 3.31. The van der Waals surface area contributed by atoms with E-state index in [1.807, 2.05) is 25.2 Å². The normalized spacial score (nSPS) is 13.2. The number of rotatable bonds is 8. The van der Waals surface area contributed by atoms with Crippen molar-refractivity contribution in [2.24, 2.45) is 0 Å². The molecule has 20 heavy (non-hydrogen) atoms. The first-order valence-electron chi connectivity index (χ1n) is 6.64. The Hall–Kier alpha value is -0.590. The van der Waals surface area contributed by atoms with Crippen molar-refractivity contribution in [3.8, 4) is 5.75 Å². The number of ether oxygens (including phenoxy) is 1. The van der Waals surface area contributed by atoms with E-state index in [9.17, 15) is 8.42 Å². The van der Waals surface area contributed by atoms with Gasteiger partial charge in [0.1, 0.15) is 15.6 Å². The molecule has 1 N–H and O–H groups in total. The molecular weight excluding hydrogens is 342 g/mol. The summed E-state index contributed by atoms with van der Waals surface area (Å²) in [6, 6.07) is 6.06. The fraction of sp³-hybridized carbons (Fsp3) is 0.571. The summed E-state index contributed by atoms with van der Waals surface area (Å²) in [4.78, 5) is 0. The Labute approximate surface area is 130 Å². The Kier molecular flexibility index (Phi) is 6.99. The van der Waals surface area contributed by atoms with Crippen molar-refractivity contribution in [2.75, 3.05) is 25.7 Å². The lowest BCUT2D eigenvalue weighted by atomic mass is 10.0. The Balaban J connectivity index is 2.69. The average molecular weight is 364 g/mol. The fourth-order valence-electron chi connectivity index (χ4n) is 2.03. The number of methoxy groups -OCH3 is 1. The number of hydrogen-bond acceptors (Lipinski definition) is 4.